The fraction of sp³-hybridized carbons (Fsp3) is 0.500. The third-order valence-electron chi connectivity index (χ3n) is 1.67. The maximum absolute atomic E-state index is 11.3. The Balaban J connectivity index is 2.95. The van der Waals surface area contributed by atoms with Gasteiger partial charge in [-0.3, -0.25) is 4.79 Å². The van der Waals surface area contributed by atoms with Crippen LogP contribution in [0.25, 0.3) is 0 Å². The summed E-state index contributed by atoms with van der Waals surface area (Å²) < 4.78 is 0.626. The van der Waals surface area contributed by atoms with Gasteiger partial charge in [0.15, 0.2) is 0 Å². The lowest BCUT2D eigenvalue weighted by atomic mass is 10.4. The van der Waals surface area contributed by atoms with Gasteiger partial charge in [-0.1, -0.05) is 22.9 Å². The van der Waals surface area contributed by atoms with Gasteiger partial charge in [-0.2, -0.15) is 0 Å². The Morgan fingerprint density at radius 1 is 1.79 bits per heavy atom. The third-order valence-corrected chi connectivity index (χ3v) is 2.93. The quantitative estimate of drug-likeness (QED) is 0.648. The first kappa shape index (κ1) is 12.0. The number of H-pyrrole nitrogens is 1. The fourth-order valence-corrected chi connectivity index (χ4v) is 2.24. The molecule has 6 heteroatoms. The highest BCUT2D eigenvalue weighted by molar-refractivity contribution is 14.1. The summed E-state index contributed by atoms with van der Waals surface area (Å²) in [5.41, 5.74) is -0.0929. The Bertz CT molecular complexity index is 366. The third kappa shape index (κ3) is 2.94. The monoisotopic (exact) mass is 371 g/mol. The van der Waals surface area contributed by atoms with E-state index < -0.39 is 0 Å². The maximum atomic E-state index is 11.3. The lowest BCUT2D eigenvalue weighted by molar-refractivity contribution is 0.849. The summed E-state index contributed by atoms with van der Waals surface area (Å²) in [6, 6.07) is 0. The van der Waals surface area contributed by atoms with E-state index in [0.29, 0.717) is 8.40 Å². The summed E-state index contributed by atoms with van der Waals surface area (Å²) in [5, 5.41) is 0. The van der Waals surface area contributed by atoms with Crippen molar-refractivity contribution in [2.45, 2.75) is 11.8 Å². The molecule has 1 N–H and O–H groups in total. The lowest BCUT2D eigenvalue weighted by Gasteiger charge is -2.19. The van der Waals surface area contributed by atoms with Crippen LogP contribution in [0, 0.1) is 3.57 Å². The lowest BCUT2D eigenvalue weighted by Crippen LogP contribution is -2.28. The van der Waals surface area contributed by atoms with Crippen LogP contribution in [0.15, 0.2) is 11.1 Å². The van der Waals surface area contributed by atoms with E-state index in [4.69, 9.17) is 0 Å². The largest absolute Gasteiger partial charge is 0.357 e. The second-order valence-corrected chi connectivity index (χ2v) is 5.67. The van der Waals surface area contributed by atoms with E-state index in [2.05, 4.69) is 32.8 Å². The van der Waals surface area contributed by atoms with E-state index in [9.17, 15) is 4.79 Å². The average Bonchev–Trinajstić information content (AvgIpc) is 2.08. The summed E-state index contributed by atoms with van der Waals surface area (Å²) in [6.07, 6.45) is 1.43. The van der Waals surface area contributed by atoms with Crippen molar-refractivity contribution < 1.29 is 0 Å². The van der Waals surface area contributed by atoms with Gasteiger partial charge in [0.2, 0.25) is 0 Å². The van der Waals surface area contributed by atoms with Gasteiger partial charge in [0.25, 0.3) is 5.56 Å². The maximum Gasteiger partial charge on any atom is 0.266 e. The summed E-state index contributed by atoms with van der Waals surface area (Å²) >= 11 is 5.46. The van der Waals surface area contributed by atoms with E-state index in [1.165, 1.54) is 6.33 Å². The van der Waals surface area contributed by atoms with Crippen LogP contribution in [0.3, 0.4) is 0 Å². The molecule has 0 saturated carbocycles. The summed E-state index contributed by atoms with van der Waals surface area (Å²) in [4.78, 5) is 20.3. The molecule has 4 nitrogen and oxygen atoms in total. The van der Waals surface area contributed by atoms with Crippen molar-refractivity contribution in [1.82, 2.24) is 9.97 Å². The number of hydrogen-bond acceptors (Lipinski definition) is 3. The summed E-state index contributed by atoms with van der Waals surface area (Å²) in [5.74, 6) is 0.723. The first-order valence-corrected chi connectivity index (χ1v) is 6.10. The zero-order chi connectivity index (χ0) is 10.7. The van der Waals surface area contributed by atoms with Gasteiger partial charge in [-0.25, -0.2) is 4.98 Å². The smallest absolute Gasteiger partial charge is 0.266 e. The second kappa shape index (κ2) is 5.11. The molecular formula is C8H11BrIN3O. The van der Waals surface area contributed by atoms with Crippen molar-refractivity contribution in [3.05, 3.63) is 20.3 Å². The van der Waals surface area contributed by atoms with Crippen LogP contribution >= 0.6 is 38.5 Å². The van der Waals surface area contributed by atoms with Crippen LogP contribution in [-0.4, -0.2) is 28.4 Å². The summed E-state index contributed by atoms with van der Waals surface area (Å²) in [6.45, 7) is 2.86. The number of anilines is 1. The molecule has 1 heterocycles. The number of nitrogens with zero attached hydrogens (tertiary/aromatic N) is 2. The highest BCUT2D eigenvalue weighted by Crippen LogP contribution is 2.14. The van der Waals surface area contributed by atoms with Gasteiger partial charge < -0.3 is 9.88 Å². The Morgan fingerprint density at radius 3 is 3.00 bits per heavy atom. The molecule has 0 fully saturated rings. The molecule has 0 aliphatic carbocycles. The first-order chi connectivity index (χ1) is 6.52. The predicted molar refractivity (Wildman–Crippen MR) is 69.2 cm³/mol. The number of halogens is 2. The minimum absolute atomic E-state index is 0.0929. The summed E-state index contributed by atoms with van der Waals surface area (Å²) in [7, 11) is 1.92. The van der Waals surface area contributed by atoms with Gasteiger partial charge in [0, 0.05) is 18.4 Å². The first-order valence-electron chi connectivity index (χ1n) is 4.10. The molecular weight excluding hydrogens is 361 g/mol. The SMILES string of the molecule is CC(Br)CN(C)c1nc[nH]c(=O)c1I. The van der Waals surface area contributed by atoms with Gasteiger partial charge in [-0.15, -0.1) is 0 Å². The molecule has 0 amide bonds. The molecule has 1 atom stereocenters. The van der Waals surface area contributed by atoms with Crippen molar-refractivity contribution in [2.24, 2.45) is 0 Å². The predicted octanol–water partition coefficient (Wildman–Crippen LogP) is 1.59. The molecule has 0 saturated heterocycles. The van der Waals surface area contributed by atoms with Crippen molar-refractivity contribution in [3.63, 3.8) is 0 Å². The van der Waals surface area contributed by atoms with Crippen molar-refractivity contribution in [1.29, 1.82) is 0 Å². The molecule has 78 valence electrons. The number of alkyl halides is 1. The number of aromatic nitrogens is 2. The topological polar surface area (TPSA) is 49.0 Å². The van der Waals surface area contributed by atoms with Gasteiger partial charge in [0.05, 0.1) is 6.33 Å². The van der Waals surface area contributed by atoms with Crippen LogP contribution in [0.1, 0.15) is 6.92 Å². The minimum atomic E-state index is -0.0929. The highest BCUT2D eigenvalue weighted by atomic mass is 127. The molecule has 1 rings (SSSR count). The highest BCUT2D eigenvalue weighted by Gasteiger charge is 2.11. The van der Waals surface area contributed by atoms with Gasteiger partial charge in [0.1, 0.15) is 9.39 Å². The molecule has 1 aromatic heterocycles. The molecule has 1 unspecified atom stereocenters. The number of nitrogens with one attached hydrogen (secondary N) is 1. The average molecular weight is 372 g/mol. The molecule has 0 aliphatic heterocycles. The molecule has 0 bridgehead atoms. The minimum Gasteiger partial charge on any atom is -0.357 e. The molecule has 0 spiro atoms. The van der Waals surface area contributed by atoms with Gasteiger partial charge in [-0.05, 0) is 22.6 Å². The molecule has 1 aromatic rings. The Labute approximate surface area is 104 Å². The van der Waals surface area contributed by atoms with E-state index in [0.717, 1.165) is 12.4 Å². The number of hydrogen-bond donors (Lipinski definition) is 1. The van der Waals surface area contributed by atoms with E-state index in [1.54, 1.807) is 0 Å². The fourth-order valence-electron chi connectivity index (χ4n) is 1.10. The normalized spacial score (nSPS) is 12.6. The van der Waals surface area contributed by atoms with Gasteiger partial charge >= 0.3 is 0 Å². The Hall–Kier alpha value is -0.110. The van der Waals surface area contributed by atoms with Crippen LogP contribution in [0.2, 0.25) is 0 Å². The van der Waals surface area contributed by atoms with Crippen LogP contribution < -0.4 is 10.5 Å². The second-order valence-electron chi connectivity index (χ2n) is 3.03. The van der Waals surface area contributed by atoms with Crippen molar-refractivity contribution in [2.75, 3.05) is 18.5 Å². The molecule has 14 heavy (non-hydrogen) atoms. The van der Waals surface area contributed by atoms with Crippen molar-refractivity contribution >= 4 is 44.3 Å². The van der Waals surface area contributed by atoms with Crippen molar-refractivity contribution in [3.8, 4) is 0 Å². The van der Waals surface area contributed by atoms with E-state index in [1.807, 2.05) is 34.5 Å². The van der Waals surface area contributed by atoms with Crippen LogP contribution in [0.4, 0.5) is 5.82 Å². The number of rotatable bonds is 3. The Morgan fingerprint density at radius 2 is 2.43 bits per heavy atom. The standard InChI is InChI=1S/C8H11BrIN3O/c1-5(9)3-13(2)7-6(10)8(14)12-4-11-7/h4-5H,3H2,1-2H3,(H,11,12,14). The Kier molecular flexibility index (Phi) is 4.36. The van der Waals surface area contributed by atoms with E-state index in [-0.39, 0.29) is 5.56 Å². The zero-order valence-corrected chi connectivity index (χ0v) is 11.7. The molecule has 0 aliphatic rings. The van der Waals surface area contributed by atoms with E-state index >= 15 is 0 Å². The number of aromatic amines is 1. The van der Waals surface area contributed by atoms with Crippen LogP contribution in [-0.2, 0) is 0 Å². The molecule has 0 aromatic carbocycles. The molecule has 0 radical (unpaired) electrons. The van der Waals surface area contributed by atoms with Crippen LogP contribution in [0.5, 0.6) is 0 Å². The zero-order valence-electron chi connectivity index (χ0n) is 7.92.